The van der Waals surface area contributed by atoms with Crippen LogP contribution in [0.15, 0.2) is 97.2 Å². The number of ether oxygens (including phenoxy) is 3. The van der Waals surface area contributed by atoms with Crippen molar-refractivity contribution in [2.75, 3.05) is 13.2 Å². The third-order valence-corrected chi connectivity index (χ3v) is 13.8. The molecule has 1 atom stereocenters. The molecule has 1 unspecified atom stereocenters. The van der Waals surface area contributed by atoms with Gasteiger partial charge in [-0.25, -0.2) is 0 Å². The molecule has 0 spiro atoms. The van der Waals surface area contributed by atoms with Gasteiger partial charge in [-0.05, 0) is 103 Å². The molecular formula is C70H120O6. The molecule has 0 radical (unpaired) electrons. The van der Waals surface area contributed by atoms with Crippen LogP contribution in [-0.4, -0.2) is 37.2 Å². The molecule has 0 amide bonds. The van der Waals surface area contributed by atoms with Gasteiger partial charge in [0.2, 0.25) is 0 Å². The number of rotatable bonds is 58. The van der Waals surface area contributed by atoms with Gasteiger partial charge < -0.3 is 14.2 Å². The molecule has 0 heterocycles. The number of hydrogen-bond acceptors (Lipinski definition) is 6. The smallest absolute Gasteiger partial charge is 0.306 e. The van der Waals surface area contributed by atoms with Crippen molar-refractivity contribution in [2.45, 2.75) is 316 Å². The fourth-order valence-electron chi connectivity index (χ4n) is 9.01. The summed E-state index contributed by atoms with van der Waals surface area (Å²) in [6.07, 6.45) is 85.6. The number of unbranched alkanes of at least 4 members (excludes halogenated alkanes) is 31. The molecule has 0 fully saturated rings. The van der Waals surface area contributed by atoms with Crippen molar-refractivity contribution in [2.24, 2.45) is 0 Å². The van der Waals surface area contributed by atoms with E-state index in [4.69, 9.17) is 14.2 Å². The minimum atomic E-state index is -0.791. The predicted octanol–water partition coefficient (Wildman–Crippen LogP) is 22.0. The zero-order chi connectivity index (χ0) is 55.0. The zero-order valence-corrected chi connectivity index (χ0v) is 50.0. The largest absolute Gasteiger partial charge is 0.462 e. The predicted molar refractivity (Wildman–Crippen MR) is 330 cm³/mol. The van der Waals surface area contributed by atoms with Crippen LogP contribution in [-0.2, 0) is 28.6 Å². The maximum absolute atomic E-state index is 12.9. The van der Waals surface area contributed by atoms with Gasteiger partial charge in [0.25, 0.3) is 0 Å². The van der Waals surface area contributed by atoms with Crippen LogP contribution in [0.3, 0.4) is 0 Å². The topological polar surface area (TPSA) is 78.9 Å². The summed E-state index contributed by atoms with van der Waals surface area (Å²) in [5.74, 6) is -0.904. The lowest BCUT2D eigenvalue weighted by Gasteiger charge is -2.18. The second kappa shape index (κ2) is 63.9. The molecular weight excluding hydrogens is 937 g/mol. The van der Waals surface area contributed by atoms with E-state index in [1.54, 1.807) is 0 Å². The van der Waals surface area contributed by atoms with Gasteiger partial charge in [-0.1, -0.05) is 285 Å². The van der Waals surface area contributed by atoms with Crippen molar-refractivity contribution < 1.29 is 28.6 Å². The van der Waals surface area contributed by atoms with Gasteiger partial charge in [0.1, 0.15) is 13.2 Å². The molecule has 0 saturated heterocycles. The van der Waals surface area contributed by atoms with E-state index >= 15 is 0 Å². The molecule has 0 bridgehead atoms. The standard InChI is InChI=1S/C70H120O6/c1-4-7-10-13-16-19-22-24-26-28-30-32-34-35-37-38-40-42-44-46-48-51-54-57-60-63-69(72)75-66-67(65-74-68(71)62-59-56-53-50-21-18-15-12-9-6-3)76-70(73)64-61-58-55-52-49-47-45-43-41-39-36-33-31-29-27-25-23-20-17-14-11-8-5-2/h8,11,17,20,22,24-25,27-28,30-31,33,39,41,45,47,67H,4-7,9-10,12-16,18-19,21,23,26,29,32,34-38,40,42-44,46,48-66H2,1-3H3/b11-8-,20-17-,24-22-,27-25-,30-28-,33-31-,41-39-,47-45-. The number of carbonyl (C=O) groups excluding carboxylic acids is 3. The molecule has 0 aromatic carbocycles. The molecule has 0 aliphatic rings. The van der Waals surface area contributed by atoms with Crippen molar-refractivity contribution in [3.05, 3.63) is 97.2 Å². The van der Waals surface area contributed by atoms with Crippen LogP contribution in [0.1, 0.15) is 310 Å². The normalized spacial score (nSPS) is 12.7. The van der Waals surface area contributed by atoms with Gasteiger partial charge in [0, 0.05) is 19.3 Å². The molecule has 0 aromatic heterocycles. The first-order chi connectivity index (χ1) is 37.5. The second-order valence-corrected chi connectivity index (χ2v) is 21.3. The first kappa shape index (κ1) is 72.3. The highest BCUT2D eigenvalue weighted by Gasteiger charge is 2.19. The molecule has 76 heavy (non-hydrogen) atoms. The fraction of sp³-hybridized carbons (Fsp3) is 0.729. The maximum Gasteiger partial charge on any atom is 0.306 e. The van der Waals surface area contributed by atoms with Gasteiger partial charge >= 0.3 is 17.9 Å². The van der Waals surface area contributed by atoms with E-state index in [9.17, 15) is 14.4 Å². The van der Waals surface area contributed by atoms with E-state index in [0.717, 1.165) is 116 Å². The van der Waals surface area contributed by atoms with Gasteiger partial charge in [-0.2, -0.15) is 0 Å². The minimum absolute atomic E-state index is 0.0861. The quantitative estimate of drug-likeness (QED) is 0.0261. The SMILES string of the molecule is CC/C=C\C/C=C\C/C=C\C/C=C\C/C=C\C/C=C\CCCCCCC(=O)OC(COC(=O)CCCCCCCCCCCC)COC(=O)CCCCCCCCCCCCCCC/C=C\C/C=C\CCCCCCC. The summed E-state index contributed by atoms with van der Waals surface area (Å²) in [7, 11) is 0. The summed E-state index contributed by atoms with van der Waals surface area (Å²) < 4.78 is 16.9. The highest BCUT2D eigenvalue weighted by atomic mass is 16.6. The van der Waals surface area contributed by atoms with E-state index in [-0.39, 0.29) is 31.1 Å². The number of allylic oxidation sites excluding steroid dienone is 16. The van der Waals surface area contributed by atoms with Crippen LogP contribution < -0.4 is 0 Å². The van der Waals surface area contributed by atoms with Crippen molar-refractivity contribution in [1.29, 1.82) is 0 Å². The highest BCUT2D eigenvalue weighted by molar-refractivity contribution is 5.71. The zero-order valence-electron chi connectivity index (χ0n) is 50.0. The lowest BCUT2D eigenvalue weighted by Crippen LogP contribution is -2.30. The number of hydrogen-bond donors (Lipinski definition) is 0. The maximum atomic E-state index is 12.9. The Bertz CT molecular complexity index is 1490. The van der Waals surface area contributed by atoms with Crippen LogP contribution in [0.5, 0.6) is 0 Å². The Morgan fingerprint density at radius 1 is 0.276 bits per heavy atom. The molecule has 0 aliphatic carbocycles. The van der Waals surface area contributed by atoms with E-state index in [1.807, 2.05) is 0 Å². The average molecular weight is 1060 g/mol. The van der Waals surface area contributed by atoms with Crippen LogP contribution in [0.2, 0.25) is 0 Å². The molecule has 0 saturated carbocycles. The highest BCUT2D eigenvalue weighted by Crippen LogP contribution is 2.16. The van der Waals surface area contributed by atoms with Crippen molar-refractivity contribution in [3.63, 3.8) is 0 Å². The molecule has 0 aromatic rings. The summed E-state index contributed by atoms with van der Waals surface area (Å²) in [6, 6.07) is 0. The summed E-state index contributed by atoms with van der Waals surface area (Å²) in [4.78, 5) is 38.2. The summed E-state index contributed by atoms with van der Waals surface area (Å²) in [5, 5.41) is 0. The van der Waals surface area contributed by atoms with Crippen molar-refractivity contribution in [3.8, 4) is 0 Å². The van der Waals surface area contributed by atoms with Crippen molar-refractivity contribution in [1.82, 2.24) is 0 Å². The Hall–Kier alpha value is -3.67. The van der Waals surface area contributed by atoms with E-state index in [1.165, 1.54) is 154 Å². The van der Waals surface area contributed by atoms with E-state index in [0.29, 0.717) is 19.3 Å². The van der Waals surface area contributed by atoms with Gasteiger partial charge in [0.15, 0.2) is 6.10 Å². The fourth-order valence-corrected chi connectivity index (χ4v) is 9.01. The molecule has 0 rings (SSSR count). The monoisotopic (exact) mass is 1060 g/mol. The van der Waals surface area contributed by atoms with Crippen LogP contribution >= 0.6 is 0 Å². The van der Waals surface area contributed by atoms with E-state index < -0.39 is 6.10 Å². The number of carbonyl (C=O) groups is 3. The van der Waals surface area contributed by atoms with Crippen LogP contribution in [0, 0.1) is 0 Å². The van der Waals surface area contributed by atoms with Crippen LogP contribution in [0.4, 0.5) is 0 Å². The van der Waals surface area contributed by atoms with Crippen molar-refractivity contribution >= 4 is 17.9 Å². The molecule has 6 heteroatoms. The summed E-state index contributed by atoms with van der Waals surface area (Å²) in [5.41, 5.74) is 0. The molecule has 436 valence electrons. The minimum Gasteiger partial charge on any atom is -0.462 e. The second-order valence-electron chi connectivity index (χ2n) is 21.3. The third-order valence-electron chi connectivity index (χ3n) is 13.8. The average Bonchev–Trinajstić information content (AvgIpc) is 3.42. The van der Waals surface area contributed by atoms with Gasteiger partial charge in [0.05, 0.1) is 0 Å². The Morgan fingerprint density at radius 3 is 0.803 bits per heavy atom. The Labute approximate surface area is 470 Å². The van der Waals surface area contributed by atoms with Gasteiger partial charge in [-0.15, -0.1) is 0 Å². The Kier molecular flexibility index (Phi) is 60.8. The van der Waals surface area contributed by atoms with Gasteiger partial charge in [-0.3, -0.25) is 14.4 Å². The van der Waals surface area contributed by atoms with E-state index in [2.05, 4.69) is 118 Å². The number of esters is 3. The molecule has 0 aliphatic heterocycles. The Morgan fingerprint density at radius 2 is 0.513 bits per heavy atom. The summed E-state index contributed by atoms with van der Waals surface area (Å²) >= 11 is 0. The first-order valence-corrected chi connectivity index (χ1v) is 32.2. The third kappa shape index (κ3) is 61.2. The Balaban J connectivity index is 4.30. The molecule has 6 nitrogen and oxygen atoms in total. The lowest BCUT2D eigenvalue weighted by molar-refractivity contribution is -0.167. The first-order valence-electron chi connectivity index (χ1n) is 32.2. The van der Waals surface area contributed by atoms with Crippen LogP contribution in [0.25, 0.3) is 0 Å². The summed E-state index contributed by atoms with van der Waals surface area (Å²) in [6.45, 7) is 6.51. The molecule has 0 N–H and O–H groups in total. The lowest BCUT2D eigenvalue weighted by atomic mass is 10.0.